The number of hydrogen-bond acceptors (Lipinski definition) is 5. The molecular formula is C14H16N4O2. The molecule has 2 rings (SSSR count). The highest BCUT2D eigenvalue weighted by Gasteiger charge is 2.04. The second kappa shape index (κ2) is 6.01. The van der Waals surface area contributed by atoms with Gasteiger partial charge in [-0.1, -0.05) is 13.8 Å². The molecule has 0 bridgehead atoms. The molecule has 0 spiro atoms. The number of nitrogens with one attached hydrogen (secondary N) is 2. The van der Waals surface area contributed by atoms with E-state index in [4.69, 9.17) is 5.11 Å². The molecule has 0 fully saturated rings. The average molecular weight is 272 g/mol. The third-order valence-electron chi connectivity index (χ3n) is 2.63. The third kappa shape index (κ3) is 3.68. The van der Waals surface area contributed by atoms with Gasteiger partial charge in [0.05, 0.1) is 11.9 Å². The SMILES string of the molecule is CC(C)c1cc(=O)[nH]c(N/N=C\c2ccc(O)cc2)n1. The summed E-state index contributed by atoms with van der Waals surface area (Å²) in [6.45, 7) is 3.93. The fourth-order valence-corrected chi connectivity index (χ4v) is 1.55. The fourth-order valence-electron chi connectivity index (χ4n) is 1.55. The van der Waals surface area contributed by atoms with Gasteiger partial charge >= 0.3 is 0 Å². The predicted molar refractivity (Wildman–Crippen MR) is 78.3 cm³/mol. The van der Waals surface area contributed by atoms with Crippen LogP contribution in [0.4, 0.5) is 5.95 Å². The lowest BCUT2D eigenvalue weighted by Crippen LogP contribution is -2.12. The maximum absolute atomic E-state index is 11.5. The number of benzene rings is 1. The first-order valence-electron chi connectivity index (χ1n) is 6.24. The number of H-pyrrole nitrogens is 1. The van der Waals surface area contributed by atoms with E-state index in [0.29, 0.717) is 11.6 Å². The van der Waals surface area contributed by atoms with Gasteiger partial charge in [-0.3, -0.25) is 9.78 Å². The smallest absolute Gasteiger partial charge is 0.252 e. The van der Waals surface area contributed by atoms with Crippen LogP contribution >= 0.6 is 0 Å². The summed E-state index contributed by atoms with van der Waals surface area (Å²) in [5.41, 5.74) is 3.99. The third-order valence-corrected chi connectivity index (χ3v) is 2.63. The number of phenols is 1. The fraction of sp³-hybridized carbons (Fsp3) is 0.214. The first kappa shape index (κ1) is 13.8. The van der Waals surface area contributed by atoms with Crippen molar-refractivity contribution >= 4 is 12.2 Å². The van der Waals surface area contributed by atoms with Crippen molar-refractivity contribution in [1.29, 1.82) is 0 Å². The zero-order chi connectivity index (χ0) is 14.5. The van der Waals surface area contributed by atoms with Crippen molar-refractivity contribution < 1.29 is 5.11 Å². The van der Waals surface area contributed by atoms with E-state index >= 15 is 0 Å². The molecule has 0 saturated heterocycles. The molecular weight excluding hydrogens is 256 g/mol. The Labute approximate surface area is 116 Å². The van der Waals surface area contributed by atoms with Crippen molar-refractivity contribution in [2.24, 2.45) is 5.10 Å². The summed E-state index contributed by atoms with van der Waals surface area (Å²) in [5.74, 6) is 0.667. The maximum atomic E-state index is 11.5. The Morgan fingerprint density at radius 2 is 2.05 bits per heavy atom. The van der Waals surface area contributed by atoms with E-state index in [2.05, 4.69) is 20.5 Å². The van der Waals surface area contributed by atoms with Gasteiger partial charge in [0.2, 0.25) is 5.95 Å². The van der Waals surface area contributed by atoms with Crippen LogP contribution in [0.5, 0.6) is 5.75 Å². The van der Waals surface area contributed by atoms with Crippen LogP contribution in [0.2, 0.25) is 0 Å². The molecule has 20 heavy (non-hydrogen) atoms. The van der Waals surface area contributed by atoms with Crippen molar-refractivity contribution in [2.75, 3.05) is 5.43 Å². The van der Waals surface area contributed by atoms with Crippen LogP contribution in [-0.4, -0.2) is 21.3 Å². The molecule has 0 aliphatic heterocycles. The van der Waals surface area contributed by atoms with E-state index in [-0.39, 0.29) is 17.2 Å². The highest BCUT2D eigenvalue weighted by molar-refractivity contribution is 5.80. The van der Waals surface area contributed by atoms with E-state index < -0.39 is 0 Å². The van der Waals surface area contributed by atoms with Crippen LogP contribution in [0.25, 0.3) is 0 Å². The van der Waals surface area contributed by atoms with Gasteiger partial charge in [0, 0.05) is 6.07 Å². The number of nitrogens with zero attached hydrogens (tertiary/aromatic N) is 2. The predicted octanol–water partition coefficient (Wildman–Crippen LogP) is 2.04. The molecule has 0 amide bonds. The first-order valence-corrected chi connectivity index (χ1v) is 6.24. The zero-order valence-corrected chi connectivity index (χ0v) is 11.3. The van der Waals surface area contributed by atoms with Gasteiger partial charge in [-0.25, -0.2) is 10.4 Å². The molecule has 6 heteroatoms. The molecule has 1 heterocycles. The number of anilines is 1. The quantitative estimate of drug-likeness (QED) is 0.587. The van der Waals surface area contributed by atoms with Gasteiger partial charge in [0.15, 0.2) is 0 Å². The second-order valence-electron chi connectivity index (χ2n) is 4.64. The molecule has 0 aliphatic carbocycles. The molecule has 0 saturated carbocycles. The first-order chi connectivity index (χ1) is 9.54. The molecule has 0 atom stereocenters. The number of hydrogen-bond donors (Lipinski definition) is 3. The molecule has 1 aromatic heterocycles. The normalized spacial score (nSPS) is 11.2. The summed E-state index contributed by atoms with van der Waals surface area (Å²) in [4.78, 5) is 18.3. The van der Waals surface area contributed by atoms with E-state index in [1.165, 1.54) is 6.07 Å². The van der Waals surface area contributed by atoms with Gasteiger partial charge in [0.1, 0.15) is 5.75 Å². The summed E-state index contributed by atoms with van der Waals surface area (Å²) in [7, 11) is 0. The Morgan fingerprint density at radius 1 is 1.35 bits per heavy atom. The molecule has 6 nitrogen and oxygen atoms in total. The van der Waals surface area contributed by atoms with Crippen molar-refractivity contribution in [3.05, 3.63) is 51.9 Å². The number of aromatic nitrogens is 2. The standard InChI is InChI=1S/C14H16N4O2/c1-9(2)12-7-13(20)17-14(16-12)18-15-8-10-3-5-11(19)6-4-10/h3-9,19H,1-2H3,(H2,16,17,18,20)/b15-8-. The summed E-state index contributed by atoms with van der Waals surface area (Å²) >= 11 is 0. The van der Waals surface area contributed by atoms with E-state index in [9.17, 15) is 4.79 Å². The summed E-state index contributed by atoms with van der Waals surface area (Å²) < 4.78 is 0. The molecule has 1 aromatic carbocycles. The number of aromatic amines is 1. The lowest BCUT2D eigenvalue weighted by atomic mass is 10.1. The Bertz CT molecular complexity index is 660. The molecule has 0 unspecified atom stereocenters. The van der Waals surface area contributed by atoms with Crippen LogP contribution in [-0.2, 0) is 0 Å². The van der Waals surface area contributed by atoms with E-state index in [0.717, 1.165) is 5.56 Å². The van der Waals surface area contributed by atoms with Crippen LogP contribution in [0, 0.1) is 0 Å². The topological polar surface area (TPSA) is 90.4 Å². The highest BCUT2D eigenvalue weighted by Crippen LogP contribution is 2.10. The van der Waals surface area contributed by atoms with Gasteiger partial charge in [-0.05, 0) is 35.7 Å². The number of rotatable bonds is 4. The number of aromatic hydroxyl groups is 1. The molecule has 3 N–H and O–H groups in total. The lowest BCUT2D eigenvalue weighted by molar-refractivity contribution is 0.475. The Hall–Kier alpha value is -2.63. The highest BCUT2D eigenvalue weighted by atomic mass is 16.3. The van der Waals surface area contributed by atoms with Crippen LogP contribution < -0.4 is 11.0 Å². The van der Waals surface area contributed by atoms with Gasteiger partial charge in [-0.2, -0.15) is 5.10 Å². The van der Waals surface area contributed by atoms with Gasteiger partial charge in [-0.15, -0.1) is 0 Å². The maximum Gasteiger partial charge on any atom is 0.252 e. The van der Waals surface area contributed by atoms with Crippen molar-refractivity contribution in [2.45, 2.75) is 19.8 Å². The largest absolute Gasteiger partial charge is 0.508 e. The van der Waals surface area contributed by atoms with Crippen molar-refractivity contribution in [1.82, 2.24) is 9.97 Å². The number of phenolic OH excluding ortho intramolecular Hbond substituents is 1. The van der Waals surface area contributed by atoms with E-state index in [1.54, 1.807) is 30.5 Å². The minimum Gasteiger partial charge on any atom is -0.508 e. The van der Waals surface area contributed by atoms with Crippen LogP contribution in [0.3, 0.4) is 0 Å². The molecule has 104 valence electrons. The Balaban J connectivity index is 2.10. The van der Waals surface area contributed by atoms with Gasteiger partial charge < -0.3 is 5.11 Å². The number of hydrazone groups is 1. The second-order valence-corrected chi connectivity index (χ2v) is 4.64. The van der Waals surface area contributed by atoms with Crippen LogP contribution in [0.1, 0.15) is 31.0 Å². The summed E-state index contributed by atoms with van der Waals surface area (Å²) in [6.07, 6.45) is 1.57. The zero-order valence-electron chi connectivity index (χ0n) is 11.3. The molecule has 0 aliphatic rings. The minimum absolute atomic E-state index is 0.166. The summed E-state index contributed by atoms with van der Waals surface area (Å²) in [6, 6.07) is 8.06. The van der Waals surface area contributed by atoms with Crippen molar-refractivity contribution in [3.8, 4) is 5.75 Å². The molecule has 0 radical (unpaired) electrons. The Morgan fingerprint density at radius 3 is 2.70 bits per heavy atom. The monoisotopic (exact) mass is 272 g/mol. The van der Waals surface area contributed by atoms with Gasteiger partial charge in [0.25, 0.3) is 5.56 Å². The lowest BCUT2D eigenvalue weighted by Gasteiger charge is -2.05. The Kier molecular flexibility index (Phi) is 4.14. The molecule has 2 aromatic rings. The van der Waals surface area contributed by atoms with Crippen LogP contribution in [0.15, 0.2) is 40.2 Å². The van der Waals surface area contributed by atoms with Crippen molar-refractivity contribution in [3.63, 3.8) is 0 Å². The average Bonchev–Trinajstić information content (AvgIpc) is 2.40. The minimum atomic E-state index is -0.217. The summed E-state index contributed by atoms with van der Waals surface area (Å²) in [5, 5.41) is 13.2. The van der Waals surface area contributed by atoms with E-state index in [1.807, 2.05) is 13.8 Å².